The highest BCUT2D eigenvalue weighted by Gasteiger charge is 2.38. The average Bonchev–Trinajstić information content (AvgIpc) is 2.35. The smallest absolute Gasteiger partial charge is 0.241 e. The molecule has 1 heterocycles. The molecule has 1 fully saturated rings. The van der Waals surface area contributed by atoms with Crippen molar-refractivity contribution in [2.24, 2.45) is 5.73 Å². The number of amides is 1. The van der Waals surface area contributed by atoms with E-state index in [2.05, 4.69) is 38.3 Å². The van der Waals surface area contributed by atoms with Crippen molar-refractivity contribution in [3.63, 3.8) is 0 Å². The molecule has 0 aliphatic carbocycles. The number of carbonyl (C=O) groups is 1. The van der Waals surface area contributed by atoms with Crippen LogP contribution in [0.3, 0.4) is 0 Å². The van der Waals surface area contributed by atoms with Crippen molar-refractivity contribution in [2.75, 3.05) is 0 Å². The highest BCUT2D eigenvalue weighted by atomic mass is 16.2. The van der Waals surface area contributed by atoms with E-state index in [1.165, 1.54) is 0 Å². The molecule has 4 nitrogen and oxygen atoms in total. The van der Waals surface area contributed by atoms with Gasteiger partial charge in [-0.15, -0.1) is 0 Å². The highest BCUT2D eigenvalue weighted by Crippen LogP contribution is 2.28. The lowest BCUT2D eigenvalue weighted by Gasteiger charge is -2.46. The lowest BCUT2D eigenvalue weighted by Crippen LogP contribution is -2.62. The number of rotatable bonds is 3. The zero-order valence-corrected chi connectivity index (χ0v) is 13.4. The molecule has 1 aliphatic heterocycles. The molecule has 1 aromatic rings. The van der Waals surface area contributed by atoms with Gasteiger partial charge in [0.05, 0.1) is 0 Å². The van der Waals surface area contributed by atoms with Crippen molar-refractivity contribution in [1.82, 2.24) is 10.6 Å². The molecule has 1 atom stereocenters. The zero-order chi connectivity index (χ0) is 15.7. The van der Waals surface area contributed by atoms with E-state index < -0.39 is 6.04 Å². The van der Waals surface area contributed by atoms with E-state index in [-0.39, 0.29) is 23.0 Å². The summed E-state index contributed by atoms with van der Waals surface area (Å²) in [7, 11) is 0. The molecule has 0 unspecified atom stereocenters. The largest absolute Gasteiger partial charge is 0.352 e. The van der Waals surface area contributed by atoms with Crippen LogP contribution in [0.5, 0.6) is 0 Å². The lowest BCUT2D eigenvalue weighted by molar-refractivity contribution is -0.123. The predicted molar refractivity (Wildman–Crippen MR) is 85.8 cm³/mol. The van der Waals surface area contributed by atoms with E-state index in [0.29, 0.717) is 0 Å². The van der Waals surface area contributed by atoms with E-state index in [4.69, 9.17) is 5.73 Å². The Morgan fingerprint density at radius 2 is 1.71 bits per heavy atom. The SMILES string of the molecule is CC1(C)CC(NC(=O)[C@@H](N)c2ccccc2)CC(C)(C)N1. The summed E-state index contributed by atoms with van der Waals surface area (Å²) in [6.45, 7) is 8.68. The number of nitrogens with one attached hydrogen (secondary N) is 2. The number of piperidine rings is 1. The van der Waals surface area contributed by atoms with Crippen molar-refractivity contribution in [3.8, 4) is 0 Å². The van der Waals surface area contributed by atoms with Crippen LogP contribution in [0.2, 0.25) is 0 Å². The summed E-state index contributed by atoms with van der Waals surface area (Å²) in [5.41, 5.74) is 6.93. The maximum absolute atomic E-state index is 12.4. The Kier molecular flexibility index (Phi) is 4.40. The van der Waals surface area contributed by atoms with Gasteiger partial charge >= 0.3 is 0 Å². The lowest BCUT2D eigenvalue weighted by atomic mass is 9.79. The molecule has 116 valence electrons. The Hall–Kier alpha value is -1.39. The summed E-state index contributed by atoms with van der Waals surface area (Å²) >= 11 is 0. The Balaban J connectivity index is 2.02. The van der Waals surface area contributed by atoms with E-state index in [1.807, 2.05) is 30.3 Å². The van der Waals surface area contributed by atoms with Gasteiger partial charge in [0, 0.05) is 17.1 Å². The quantitative estimate of drug-likeness (QED) is 0.798. The minimum absolute atomic E-state index is 0.0105. The molecule has 0 saturated carbocycles. The number of carbonyl (C=O) groups excluding carboxylic acids is 1. The van der Waals surface area contributed by atoms with Gasteiger partial charge in [-0.2, -0.15) is 0 Å². The minimum Gasteiger partial charge on any atom is -0.352 e. The molecule has 1 aromatic carbocycles. The monoisotopic (exact) mass is 289 g/mol. The van der Waals surface area contributed by atoms with E-state index >= 15 is 0 Å². The third-order valence-electron chi connectivity index (χ3n) is 3.98. The fraction of sp³-hybridized carbons (Fsp3) is 0.588. The molecule has 0 spiro atoms. The van der Waals surface area contributed by atoms with Gasteiger partial charge < -0.3 is 16.4 Å². The maximum atomic E-state index is 12.4. The molecule has 21 heavy (non-hydrogen) atoms. The Bertz CT molecular complexity index is 480. The van der Waals surface area contributed by atoms with E-state index in [9.17, 15) is 4.79 Å². The van der Waals surface area contributed by atoms with Crippen molar-refractivity contribution in [1.29, 1.82) is 0 Å². The summed E-state index contributed by atoms with van der Waals surface area (Å²) < 4.78 is 0. The first kappa shape index (κ1) is 16.0. The molecular formula is C17H27N3O. The Labute approximate surface area is 127 Å². The van der Waals surface area contributed by atoms with Crippen molar-refractivity contribution < 1.29 is 4.79 Å². The number of hydrogen-bond donors (Lipinski definition) is 3. The molecule has 4 heteroatoms. The summed E-state index contributed by atoms with van der Waals surface area (Å²) in [5, 5.41) is 6.74. The second-order valence-corrected chi connectivity index (χ2v) is 7.39. The highest BCUT2D eigenvalue weighted by molar-refractivity contribution is 5.83. The third kappa shape index (κ3) is 4.29. The van der Waals surface area contributed by atoms with Gasteiger partial charge in [-0.3, -0.25) is 4.79 Å². The first-order valence-corrected chi connectivity index (χ1v) is 7.59. The van der Waals surface area contributed by atoms with Crippen LogP contribution < -0.4 is 16.4 Å². The summed E-state index contributed by atoms with van der Waals surface area (Å²) in [4.78, 5) is 12.4. The third-order valence-corrected chi connectivity index (χ3v) is 3.98. The van der Waals surface area contributed by atoms with Gasteiger partial charge in [-0.1, -0.05) is 30.3 Å². The van der Waals surface area contributed by atoms with Crippen molar-refractivity contribution >= 4 is 5.91 Å². The van der Waals surface area contributed by atoms with Gasteiger partial charge in [-0.05, 0) is 46.1 Å². The van der Waals surface area contributed by atoms with E-state index in [1.54, 1.807) is 0 Å². The zero-order valence-electron chi connectivity index (χ0n) is 13.4. The van der Waals surface area contributed by atoms with Crippen LogP contribution in [0.15, 0.2) is 30.3 Å². The number of benzene rings is 1. The molecule has 4 N–H and O–H groups in total. The van der Waals surface area contributed by atoms with Crippen LogP contribution in [-0.4, -0.2) is 23.0 Å². The number of nitrogens with two attached hydrogens (primary N) is 1. The Morgan fingerprint density at radius 3 is 2.24 bits per heavy atom. The van der Waals surface area contributed by atoms with Crippen LogP contribution in [-0.2, 0) is 4.79 Å². The van der Waals surface area contributed by atoms with Crippen LogP contribution >= 0.6 is 0 Å². The topological polar surface area (TPSA) is 67.2 Å². The molecular weight excluding hydrogens is 262 g/mol. The standard InChI is InChI=1S/C17H27N3O/c1-16(2)10-13(11-17(3,4)20-16)19-15(21)14(18)12-8-6-5-7-9-12/h5-9,13-14,20H,10-11,18H2,1-4H3,(H,19,21)/t14-/m0/s1. The summed E-state index contributed by atoms with van der Waals surface area (Å²) in [6.07, 6.45) is 1.81. The van der Waals surface area contributed by atoms with Crippen LogP contribution in [0, 0.1) is 0 Å². The first-order valence-electron chi connectivity index (χ1n) is 7.59. The minimum atomic E-state index is -0.604. The first-order chi connectivity index (χ1) is 9.69. The van der Waals surface area contributed by atoms with Gasteiger partial charge in [0.2, 0.25) is 5.91 Å². The average molecular weight is 289 g/mol. The van der Waals surface area contributed by atoms with Crippen LogP contribution in [0.4, 0.5) is 0 Å². The molecule has 2 rings (SSSR count). The van der Waals surface area contributed by atoms with E-state index in [0.717, 1.165) is 18.4 Å². The molecule has 1 amide bonds. The molecule has 0 radical (unpaired) electrons. The van der Waals surface area contributed by atoms with Crippen molar-refractivity contribution in [3.05, 3.63) is 35.9 Å². The molecule has 1 aliphatic rings. The normalized spacial score (nSPS) is 22.5. The fourth-order valence-corrected chi connectivity index (χ4v) is 3.53. The second kappa shape index (κ2) is 5.78. The second-order valence-electron chi connectivity index (χ2n) is 7.39. The molecule has 0 bridgehead atoms. The molecule has 1 saturated heterocycles. The summed E-state index contributed by atoms with van der Waals surface area (Å²) in [5.74, 6) is -0.0975. The van der Waals surface area contributed by atoms with Gasteiger partial charge in [0.15, 0.2) is 0 Å². The summed E-state index contributed by atoms with van der Waals surface area (Å²) in [6, 6.07) is 9.05. The van der Waals surface area contributed by atoms with Gasteiger partial charge in [0.1, 0.15) is 6.04 Å². The predicted octanol–water partition coefficient (Wildman–Crippen LogP) is 2.11. The van der Waals surface area contributed by atoms with Crippen LogP contribution in [0.25, 0.3) is 0 Å². The number of hydrogen-bond acceptors (Lipinski definition) is 3. The fourth-order valence-electron chi connectivity index (χ4n) is 3.53. The van der Waals surface area contributed by atoms with Crippen molar-refractivity contribution in [2.45, 2.75) is 63.7 Å². The van der Waals surface area contributed by atoms with Gasteiger partial charge in [0.25, 0.3) is 0 Å². The molecule has 0 aromatic heterocycles. The Morgan fingerprint density at radius 1 is 1.19 bits per heavy atom. The maximum Gasteiger partial charge on any atom is 0.241 e. The van der Waals surface area contributed by atoms with Crippen LogP contribution in [0.1, 0.15) is 52.1 Å². The van der Waals surface area contributed by atoms with Gasteiger partial charge in [-0.25, -0.2) is 0 Å².